The average molecular weight is 372 g/mol. The molecule has 148 valence electrons. The molecule has 0 spiro atoms. The highest BCUT2D eigenvalue weighted by molar-refractivity contribution is 7.81. The second-order valence-electron chi connectivity index (χ2n) is 5.95. The lowest BCUT2D eigenvalue weighted by Gasteiger charge is -2.18. The summed E-state index contributed by atoms with van der Waals surface area (Å²) in [6.07, 6.45) is 12.5. The maximum atomic E-state index is 11.3. The Morgan fingerprint density at radius 1 is 0.792 bits per heavy atom. The predicted molar refractivity (Wildman–Crippen MR) is 94.9 cm³/mol. The van der Waals surface area contributed by atoms with Crippen LogP contribution in [0.25, 0.3) is 0 Å². The van der Waals surface area contributed by atoms with Gasteiger partial charge in [-0.25, -0.2) is 4.18 Å². The number of rotatable bonds is 16. The zero-order chi connectivity index (χ0) is 17.6. The van der Waals surface area contributed by atoms with Gasteiger partial charge in [-0.3, -0.25) is 0 Å². The first-order chi connectivity index (χ1) is 10.8. The Hall–Kier alpha value is -0.250. The van der Waals surface area contributed by atoms with Gasteiger partial charge in [0.15, 0.2) is 0 Å². The van der Waals surface area contributed by atoms with Crippen molar-refractivity contribution in [3.63, 3.8) is 0 Å². The van der Waals surface area contributed by atoms with Gasteiger partial charge in [-0.15, -0.1) is 0 Å². The summed E-state index contributed by atoms with van der Waals surface area (Å²) < 4.78 is 31.4. The molecule has 8 heteroatoms. The van der Waals surface area contributed by atoms with Crippen LogP contribution in [0.3, 0.4) is 0 Å². The van der Waals surface area contributed by atoms with Crippen LogP contribution in [0, 0.1) is 0 Å². The highest BCUT2D eigenvalue weighted by atomic mass is 32.3. The van der Waals surface area contributed by atoms with E-state index in [0.29, 0.717) is 6.42 Å². The third-order valence-corrected chi connectivity index (χ3v) is 4.60. The second kappa shape index (κ2) is 15.0. The van der Waals surface area contributed by atoms with E-state index in [4.69, 9.17) is 10.2 Å². The van der Waals surface area contributed by atoms with Crippen molar-refractivity contribution in [2.75, 3.05) is 6.61 Å². The summed E-state index contributed by atoms with van der Waals surface area (Å²) >= 11 is 0. The average Bonchev–Trinajstić information content (AvgIpc) is 2.47. The van der Waals surface area contributed by atoms with E-state index in [1.807, 2.05) is 0 Å². The highest BCUT2D eigenvalue weighted by Crippen LogP contribution is 2.14. The number of hydrogen-bond acceptors (Lipinski definition) is 7. The maximum absolute atomic E-state index is 11.3. The fourth-order valence-corrected chi connectivity index (χ4v) is 2.99. The van der Waals surface area contributed by atoms with E-state index in [1.165, 1.54) is 51.9 Å². The lowest BCUT2D eigenvalue weighted by molar-refractivity contribution is -0.293. The van der Waals surface area contributed by atoms with E-state index in [-0.39, 0.29) is 19.2 Å². The molecular formula is C16H37NO6S. The maximum Gasteiger partial charge on any atom is 0.404 e. The summed E-state index contributed by atoms with van der Waals surface area (Å²) in [6.45, 7) is 3.60. The fraction of sp³-hybridized carbons (Fsp3) is 1.00. The summed E-state index contributed by atoms with van der Waals surface area (Å²) in [5.74, 6) is -2.70. The van der Waals surface area contributed by atoms with Crippen LogP contribution in [0.5, 0.6) is 0 Å². The zero-order valence-electron chi connectivity index (χ0n) is 15.3. The summed E-state index contributed by atoms with van der Waals surface area (Å²) in [5.41, 5.74) is 0. The molecule has 0 aromatic carbocycles. The molecule has 0 unspecified atom stereocenters. The van der Waals surface area contributed by atoms with Crippen molar-refractivity contribution in [2.45, 2.75) is 96.9 Å². The predicted octanol–water partition coefficient (Wildman–Crippen LogP) is 3.79. The Bertz CT molecular complexity index is 373. The quantitative estimate of drug-likeness (QED) is 0.278. The van der Waals surface area contributed by atoms with Crippen molar-refractivity contribution in [1.29, 1.82) is 0 Å². The van der Waals surface area contributed by atoms with E-state index in [1.54, 1.807) is 0 Å². The molecule has 0 aliphatic carbocycles. The SMILES string of the molecule is CCCCCCCCCCCCCOS(=O)(=O)OC(O)(O)CC.N. The van der Waals surface area contributed by atoms with Gasteiger partial charge in [0.2, 0.25) is 0 Å². The Balaban J connectivity index is 0. The van der Waals surface area contributed by atoms with Crippen molar-refractivity contribution in [3.05, 3.63) is 0 Å². The smallest absolute Gasteiger partial charge is 0.344 e. The first-order valence-corrected chi connectivity index (χ1v) is 10.2. The summed E-state index contributed by atoms with van der Waals surface area (Å²) in [7, 11) is -4.36. The molecule has 0 fully saturated rings. The van der Waals surface area contributed by atoms with Crippen molar-refractivity contribution in [2.24, 2.45) is 0 Å². The van der Waals surface area contributed by atoms with Gasteiger partial charge >= 0.3 is 10.4 Å². The number of hydrogen-bond donors (Lipinski definition) is 3. The van der Waals surface area contributed by atoms with Crippen LogP contribution < -0.4 is 6.15 Å². The molecule has 0 bridgehead atoms. The van der Waals surface area contributed by atoms with Crippen LogP contribution in [0.15, 0.2) is 0 Å². The zero-order valence-corrected chi connectivity index (χ0v) is 16.2. The lowest BCUT2D eigenvalue weighted by Crippen LogP contribution is -2.34. The summed E-state index contributed by atoms with van der Waals surface area (Å²) in [6, 6.07) is 0. The number of unbranched alkanes of at least 4 members (excludes halogenated alkanes) is 10. The summed E-state index contributed by atoms with van der Waals surface area (Å²) in [4.78, 5) is 0. The highest BCUT2D eigenvalue weighted by Gasteiger charge is 2.30. The fourth-order valence-electron chi connectivity index (χ4n) is 2.17. The van der Waals surface area contributed by atoms with Gasteiger partial charge in [0, 0.05) is 6.42 Å². The van der Waals surface area contributed by atoms with Crippen LogP contribution in [0.4, 0.5) is 0 Å². The van der Waals surface area contributed by atoms with Crippen molar-refractivity contribution in [1.82, 2.24) is 6.15 Å². The monoisotopic (exact) mass is 371 g/mol. The molecule has 0 aromatic heterocycles. The van der Waals surface area contributed by atoms with Crippen LogP contribution in [0.2, 0.25) is 0 Å². The Morgan fingerprint density at radius 2 is 1.21 bits per heavy atom. The molecule has 0 radical (unpaired) electrons. The minimum Gasteiger partial charge on any atom is -0.344 e. The second-order valence-corrected chi connectivity index (χ2v) is 7.16. The molecule has 7 nitrogen and oxygen atoms in total. The van der Waals surface area contributed by atoms with Gasteiger partial charge in [0.05, 0.1) is 6.61 Å². The molecule has 0 aromatic rings. The third-order valence-electron chi connectivity index (χ3n) is 3.67. The first-order valence-electron chi connectivity index (χ1n) is 8.87. The minimum absolute atomic E-state index is 0. The van der Waals surface area contributed by atoms with E-state index < -0.39 is 16.4 Å². The molecule has 0 saturated carbocycles. The molecule has 0 aliphatic rings. The van der Waals surface area contributed by atoms with Crippen molar-refractivity contribution < 1.29 is 27.0 Å². The molecule has 0 rings (SSSR count). The van der Waals surface area contributed by atoms with Gasteiger partial charge < -0.3 is 16.4 Å². The van der Waals surface area contributed by atoms with E-state index in [0.717, 1.165) is 19.3 Å². The van der Waals surface area contributed by atoms with Gasteiger partial charge in [0.1, 0.15) is 0 Å². The summed E-state index contributed by atoms with van der Waals surface area (Å²) in [5, 5.41) is 18.2. The Labute approximate surface area is 147 Å². The van der Waals surface area contributed by atoms with Gasteiger partial charge in [-0.05, 0) is 6.42 Å². The first kappa shape index (κ1) is 26.0. The largest absolute Gasteiger partial charge is 0.404 e. The molecule has 5 N–H and O–H groups in total. The third kappa shape index (κ3) is 16.6. The van der Waals surface area contributed by atoms with Gasteiger partial charge in [-0.1, -0.05) is 78.1 Å². The van der Waals surface area contributed by atoms with E-state index >= 15 is 0 Å². The molecule has 0 saturated heterocycles. The molecule has 0 heterocycles. The van der Waals surface area contributed by atoms with Gasteiger partial charge in [0.25, 0.3) is 5.97 Å². The van der Waals surface area contributed by atoms with E-state index in [9.17, 15) is 8.42 Å². The standard InChI is InChI=1S/C16H34O6S.H3N/c1-3-5-6-7-8-9-10-11-12-13-14-15-21-23(19,20)22-16(17,18)4-2;/h17-18H,3-15H2,1-2H3;1H3. The van der Waals surface area contributed by atoms with Gasteiger partial charge in [-0.2, -0.15) is 12.6 Å². The van der Waals surface area contributed by atoms with Crippen LogP contribution in [-0.4, -0.2) is 31.2 Å². The molecule has 0 atom stereocenters. The lowest BCUT2D eigenvalue weighted by atomic mass is 10.1. The number of aliphatic hydroxyl groups is 2. The van der Waals surface area contributed by atoms with Crippen LogP contribution in [0.1, 0.15) is 90.9 Å². The van der Waals surface area contributed by atoms with Crippen LogP contribution >= 0.6 is 0 Å². The minimum atomic E-state index is -4.36. The van der Waals surface area contributed by atoms with Crippen molar-refractivity contribution in [3.8, 4) is 0 Å². The molecule has 24 heavy (non-hydrogen) atoms. The molecule has 0 amide bonds. The topological polar surface area (TPSA) is 128 Å². The Kier molecular flexibility index (Phi) is 16.3. The Morgan fingerprint density at radius 3 is 1.62 bits per heavy atom. The molecular weight excluding hydrogens is 334 g/mol. The normalized spacial score (nSPS) is 12.2. The van der Waals surface area contributed by atoms with Crippen LogP contribution in [-0.2, 0) is 18.8 Å². The molecule has 0 aliphatic heterocycles. The van der Waals surface area contributed by atoms with Crippen molar-refractivity contribution >= 4 is 10.4 Å². The van der Waals surface area contributed by atoms with E-state index in [2.05, 4.69) is 15.3 Å².